The van der Waals surface area contributed by atoms with Crippen molar-refractivity contribution in [2.75, 3.05) is 0 Å². The Bertz CT molecular complexity index is 1110. The van der Waals surface area contributed by atoms with Crippen LogP contribution in [-0.2, 0) is 5.41 Å². The van der Waals surface area contributed by atoms with Crippen molar-refractivity contribution in [2.45, 2.75) is 26.2 Å². The van der Waals surface area contributed by atoms with Crippen LogP contribution >= 0.6 is 23.8 Å². The van der Waals surface area contributed by atoms with E-state index in [9.17, 15) is 10.1 Å². The number of rotatable bonds is 4. The monoisotopic (exact) mass is 415 g/mol. The van der Waals surface area contributed by atoms with E-state index in [0.717, 1.165) is 5.56 Å². The van der Waals surface area contributed by atoms with Crippen molar-refractivity contribution in [3.63, 3.8) is 0 Å². The molecule has 0 aliphatic rings. The minimum atomic E-state index is -0.487. The molecule has 0 aliphatic carbocycles. The summed E-state index contributed by atoms with van der Waals surface area (Å²) in [7, 11) is 0. The van der Waals surface area contributed by atoms with E-state index in [2.05, 4.69) is 36.1 Å². The van der Waals surface area contributed by atoms with Gasteiger partial charge in [0.25, 0.3) is 5.69 Å². The lowest BCUT2D eigenvalue weighted by Gasteiger charge is -2.18. The van der Waals surface area contributed by atoms with Crippen LogP contribution in [0.1, 0.15) is 31.9 Å². The lowest BCUT2D eigenvalue weighted by Crippen LogP contribution is -2.10. The second-order valence-electron chi connectivity index (χ2n) is 7.20. The van der Waals surface area contributed by atoms with Crippen LogP contribution in [0, 0.1) is 14.9 Å². The predicted octanol–water partition coefficient (Wildman–Crippen LogP) is 5.35. The number of hydrogen-bond acceptors (Lipinski definition) is 5. The fourth-order valence-electron chi connectivity index (χ4n) is 2.57. The number of nitro benzene ring substituents is 1. The van der Waals surface area contributed by atoms with Crippen molar-refractivity contribution < 1.29 is 4.92 Å². The number of halogens is 1. The van der Waals surface area contributed by atoms with Crippen LogP contribution in [0.5, 0.6) is 0 Å². The highest BCUT2D eigenvalue weighted by molar-refractivity contribution is 7.71. The number of nitro groups is 1. The Morgan fingerprint density at radius 3 is 2.54 bits per heavy atom. The average molecular weight is 416 g/mol. The van der Waals surface area contributed by atoms with E-state index in [1.807, 2.05) is 24.3 Å². The standard InChI is InChI=1S/C19H18ClN5O2S/c1-19(2,3)14-6-4-12(5-7-14)17-22-23-18(28)24(17)21-11-13-10-15(25(26)27)8-9-16(13)20/h4-11H,1-3H3,(H,23,28)/b21-11-. The number of H-pyrrole nitrogens is 1. The van der Waals surface area contributed by atoms with Crippen LogP contribution in [0.25, 0.3) is 11.4 Å². The van der Waals surface area contributed by atoms with Crippen molar-refractivity contribution in [2.24, 2.45) is 5.10 Å². The molecule has 9 heteroatoms. The fourth-order valence-corrected chi connectivity index (χ4v) is 2.91. The van der Waals surface area contributed by atoms with E-state index in [1.54, 1.807) is 0 Å². The molecule has 1 heterocycles. The van der Waals surface area contributed by atoms with Gasteiger partial charge in [0.05, 0.1) is 11.1 Å². The van der Waals surface area contributed by atoms with Gasteiger partial charge in [0.1, 0.15) is 0 Å². The van der Waals surface area contributed by atoms with Gasteiger partial charge in [-0.05, 0) is 29.3 Å². The zero-order valence-corrected chi connectivity index (χ0v) is 17.1. The third-order valence-corrected chi connectivity index (χ3v) is 4.77. The van der Waals surface area contributed by atoms with Crippen LogP contribution in [-0.4, -0.2) is 26.0 Å². The molecule has 7 nitrogen and oxygen atoms in total. The van der Waals surface area contributed by atoms with E-state index in [1.165, 1.54) is 34.7 Å². The van der Waals surface area contributed by atoms with E-state index in [4.69, 9.17) is 23.8 Å². The molecule has 2 aromatic carbocycles. The molecular weight excluding hydrogens is 398 g/mol. The minimum Gasteiger partial charge on any atom is -0.258 e. The van der Waals surface area contributed by atoms with Gasteiger partial charge in [-0.1, -0.05) is 56.6 Å². The van der Waals surface area contributed by atoms with Crippen LogP contribution in [0.4, 0.5) is 5.69 Å². The maximum Gasteiger partial charge on any atom is 0.270 e. The van der Waals surface area contributed by atoms with Gasteiger partial charge >= 0.3 is 0 Å². The Morgan fingerprint density at radius 2 is 1.93 bits per heavy atom. The first-order valence-corrected chi connectivity index (χ1v) is 9.22. The fraction of sp³-hybridized carbons (Fsp3) is 0.211. The molecule has 0 saturated carbocycles. The predicted molar refractivity (Wildman–Crippen MR) is 113 cm³/mol. The average Bonchev–Trinajstić information content (AvgIpc) is 3.01. The molecular formula is C19H18ClN5O2S. The van der Waals surface area contributed by atoms with Gasteiger partial charge in [0, 0.05) is 28.3 Å². The Kier molecular flexibility index (Phi) is 5.44. The van der Waals surface area contributed by atoms with Crippen LogP contribution in [0.2, 0.25) is 5.02 Å². The summed E-state index contributed by atoms with van der Waals surface area (Å²) in [5.41, 5.74) is 2.42. The summed E-state index contributed by atoms with van der Waals surface area (Å²) in [4.78, 5) is 10.5. The number of nitrogens with zero attached hydrogens (tertiary/aromatic N) is 4. The third kappa shape index (κ3) is 4.18. The van der Waals surface area contributed by atoms with Gasteiger partial charge in [0.15, 0.2) is 5.82 Å². The normalized spacial score (nSPS) is 11.9. The Labute approximate surface area is 171 Å². The van der Waals surface area contributed by atoms with Crippen molar-refractivity contribution >= 4 is 35.7 Å². The molecule has 3 rings (SSSR count). The SMILES string of the molecule is CC(C)(C)c1ccc(-c2n[nH]c(=S)n2/N=C\c2cc([N+](=O)[O-])ccc2Cl)cc1. The first-order valence-electron chi connectivity index (χ1n) is 8.43. The Hall–Kier alpha value is -2.84. The summed E-state index contributed by atoms with van der Waals surface area (Å²) < 4.78 is 1.75. The molecule has 144 valence electrons. The van der Waals surface area contributed by atoms with E-state index in [-0.39, 0.29) is 11.1 Å². The summed E-state index contributed by atoms with van der Waals surface area (Å²) in [6, 6.07) is 12.1. The van der Waals surface area contributed by atoms with Crippen molar-refractivity contribution in [1.29, 1.82) is 0 Å². The smallest absolute Gasteiger partial charge is 0.258 e. The highest BCUT2D eigenvalue weighted by atomic mass is 35.5. The second-order valence-corrected chi connectivity index (χ2v) is 7.99. The Balaban J connectivity index is 1.98. The summed E-state index contributed by atoms with van der Waals surface area (Å²) in [6.07, 6.45) is 1.42. The third-order valence-electron chi connectivity index (χ3n) is 4.16. The first-order chi connectivity index (χ1) is 13.2. The summed E-state index contributed by atoms with van der Waals surface area (Å²) in [6.45, 7) is 6.43. The zero-order chi connectivity index (χ0) is 20.5. The summed E-state index contributed by atoms with van der Waals surface area (Å²) in [5.74, 6) is 0.531. The van der Waals surface area contributed by atoms with Crippen molar-refractivity contribution in [1.82, 2.24) is 14.9 Å². The summed E-state index contributed by atoms with van der Waals surface area (Å²) >= 11 is 11.4. The number of hydrogen-bond donors (Lipinski definition) is 1. The molecule has 0 bridgehead atoms. The highest BCUT2D eigenvalue weighted by Crippen LogP contribution is 2.26. The molecule has 0 unspecified atom stereocenters. The number of benzene rings is 2. The number of nitrogens with one attached hydrogen (secondary N) is 1. The Morgan fingerprint density at radius 1 is 1.25 bits per heavy atom. The molecule has 0 spiro atoms. The van der Waals surface area contributed by atoms with Crippen molar-refractivity contribution in [3.05, 3.63) is 73.5 Å². The molecule has 0 amide bonds. The number of aromatic nitrogens is 3. The quantitative estimate of drug-likeness (QED) is 0.269. The van der Waals surface area contributed by atoms with Gasteiger partial charge in [0.2, 0.25) is 4.77 Å². The van der Waals surface area contributed by atoms with Crippen molar-refractivity contribution in [3.8, 4) is 11.4 Å². The van der Waals surface area contributed by atoms with E-state index < -0.39 is 4.92 Å². The van der Waals surface area contributed by atoms with Crippen LogP contribution in [0.3, 0.4) is 0 Å². The zero-order valence-electron chi connectivity index (χ0n) is 15.5. The molecule has 28 heavy (non-hydrogen) atoms. The second kappa shape index (κ2) is 7.65. The van der Waals surface area contributed by atoms with Gasteiger partial charge in [-0.25, -0.2) is 5.10 Å². The molecule has 0 fully saturated rings. The number of non-ortho nitro benzene ring substituents is 1. The molecule has 0 atom stereocenters. The lowest BCUT2D eigenvalue weighted by molar-refractivity contribution is -0.384. The number of aromatic amines is 1. The molecule has 0 radical (unpaired) electrons. The van der Waals surface area contributed by atoms with Gasteiger partial charge in [-0.3, -0.25) is 10.1 Å². The molecule has 3 aromatic rings. The highest BCUT2D eigenvalue weighted by Gasteiger charge is 2.15. The molecule has 0 saturated heterocycles. The van der Waals surface area contributed by atoms with Crippen LogP contribution in [0.15, 0.2) is 47.6 Å². The molecule has 1 N–H and O–H groups in total. The largest absolute Gasteiger partial charge is 0.270 e. The maximum atomic E-state index is 11.0. The molecule has 1 aromatic heterocycles. The first kappa shape index (κ1) is 19.9. The minimum absolute atomic E-state index is 0.0418. The molecule has 0 aliphatic heterocycles. The topological polar surface area (TPSA) is 89.1 Å². The van der Waals surface area contributed by atoms with Gasteiger partial charge in [-0.15, -0.1) is 0 Å². The maximum absolute atomic E-state index is 11.0. The van der Waals surface area contributed by atoms with Gasteiger partial charge in [-0.2, -0.15) is 14.9 Å². The van der Waals surface area contributed by atoms with E-state index in [0.29, 0.717) is 21.2 Å². The summed E-state index contributed by atoms with van der Waals surface area (Å²) in [5, 5.41) is 22.6. The van der Waals surface area contributed by atoms with Gasteiger partial charge < -0.3 is 0 Å². The van der Waals surface area contributed by atoms with E-state index >= 15 is 0 Å². The lowest BCUT2D eigenvalue weighted by atomic mass is 9.87. The van der Waals surface area contributed by atoms with Crippen LogP contribution < -0.4 is 0 Å².